The molecule has 1 aliphatic rings. The van der Waals surface area contributed by atoms with Crippen molar-refractivity contribution < 1.29 is 13.5 Å². The summed E-state index contributed by atoms with van der Waals surface area (Å²) in [5, 5.41) is 3.82. The minimum atomic E-state index is -2.94. The van der Waals surface area contributed by atoms with Crippen LogP contribution in [0, 0.1) is 3.57 Å². The number of nitrogens with one attached hydrogen (secondary N) is 1. The molecule has 1 N–H and O–H groups in total. The van der Waals surface area contributed by atoms with E-state index in [0.717, 1.165) is 25.9 Å². The van der Waals surface area contributed by atoms with E-state index in [1.165, 1.54) is 6.07 Å². The number of hydrogen-bond donors (Lipinski definition) is 1. The molecule has 0 unspecified atom stereocenters. The van der Waals surface area contributed by atoms with Crippen molar-refractivity contribution in [3.05, 3.63) is 92.5 Å². The highest BCUT2D eigenvalue weighted by atomic mass is 127. The SMILES string of the molecule is FC(F)Oc1ccc(Cl)cc1[C@@H]1C=C(c2ccc(I)cc2)Nc2nc3ccccc3n21. The van der Waals surface area contributed by atoms with Crippen molar-refractivity contribution in [2.24, 2.45) is 0 Å². The molecule has 3 aromatic carbocycles. The molecule has 0 aliphatic carbocycles. The Morgan fingerprint density at radius 3 is 2.61 bits per heavy atom. The quantitative estimate of drug-likeness (QED) is 0.280. The van der Waals surface area contributed by atoms with Crippen LogP contribution in [0.15, 0.2) is 72.8 Å². The summed E-state index contributed by atoms with van der Waals surface area (Å²) in [4.78, 5) is 4.72. The molecule has 1 aromatic heterocycles. The van der Waals surface area contributed by atoms with Gasteiger partial charge in [-0.1, -0.05) is 35.9 Å². The molecule has 0 spiro atoms. The average molecular weight is 550 g/mol. The van der Waals surface area contributed by atoms with Crippen molar-refractivity contribution in [3.8, 4) is 5.75 Å². The van der Waals surface area contributed by atoms with Gasteiger partial charge in [0.05, 0.1) is 17.1 Å². The summed E-state index contributed by atoms with van der Waals surface area (Å²) >= 11 is 8.51. The van der Waals surface area contributed by atoms with Crippen LogP contribution >= 0.6 is 34.2 Å². The molecule has 5 rings (SSSR count). The van der Waals surface area contributed by atoms with Gasteiger partial charge in [-0.25, -0.2) is 4.98 Å². The Balaban J connectivity index is 1.74. The highest BCUT2D eigenvalue weighted by Gasteiger charge is 2.28. The normalized spacial score (nSPS) is 15.5. The second-order valence-corrected chi connectivity index (χ2v) is 8.69. The Kier molecular flexibility index (Phi) is 5.31. The second kappa shape index (κ2) is 8.12. The number of fused-ring (bicyclic) bond motifs is 3. The number of imidazole rings is 1. The predicted octanol–water partition coefficient (Wildman–Crippen LogP) is 6.95. The van der Waals surface area contributed by atoms with Gasteiger partial charge >= 0.3 is 6.61 Å². The number of aromatic nitrogens is 2. The van der Waals surface area contributed by atoms with E-state index >= 15 is 0 Å². The van der Waals surface area contributed by atoms with E-state index in [1.54, 1.807) is 12.1 Å². The fourth-order valence-corrected chi connectivity index (χ4v) is 4.33. The number of rotatable bonds is 4. The van der Waals surface area contributed by atoms with Gasteiger partial charge in [0.1, 0.15) is 5.75 Å². The fourth-order valence-electron chi connectivity index (χ4n) is 3.79. The monoisotopic (exact) mass is 549 g/mol. The maximum atomic E-state index is 13.1. The van der Waals surface area contributed by atoms with Crippen LogP contribution in [0.3, 0.4) is 0 Å². The van der Waals surface area contributed by atoms with Gasteiger partial charge in [-0.2, -0.15) is 8.78 Å². The first-order chi connectivity index (χ1) is 15.0. The third-order valence-electron chi connectivity index (χ3n) is 5.11. The lowest BCUT2D eigenvalue weighted by Crippen LogP contribution is -2.20. The Labute approximate surface area is 195 Å². The lowest BCUT2D eigenvalue weighted by atomic mass is 10.00. The molecule has 0 radical (unpaired) electrons. The Morgan fingerprint density at radius 2 is 1.84 bits per heavy atom. The Bertz CT molecular complexity index is 1300. The fraction of sp³-hybridized carbons (Fsp3) is 0.0870. The lowest BCUT2D eigenvalue weighted by Gasteiger charge is -2.28. The summed E-state index contributed by atoms with van der Waals surface area (Å²) in [6.07, 6.45) is 1.98. The van der Waals surface area contributed by atoms with Crippen molar-refractivity contribution in [1.29, 1.82) is 0 Å². The minimum Gasteiger partial charge on any atom is -0.434 e. The number of alkyl halides is 2. The summed E-state index contributed by atoms with van der Waals surface area (Å²) < 4.78 is 34.2. The van der Waals surface area contributed by atoms with Crippen molar-refractivity contribution in [2.45, 2.75) is 12.7 Å². The van der Waals surface area contributed by atoms with Crippen molar-refractivity contribution in [3.63, 3.8) is 0 Å². The van der Waals surface area contributed by atoms with Crippen molar-refractivity contribution in [1.82, 2.24) is 9.55 Å². The largest absolute Gasteiger partial charge is 0.434 e. The molecule has 8 heteroatoms. The maximum Gasteiger partial charge on any atom is 0.387 e. The molecule has 0 fully saturated rings. The highest BCUT2D eigenvalue weighted by molar-refractivity contribution is 14.1. The third kappa shape index (κ3) is 3.87. The smallest absolute Gasteiger partial charge is 0.387 e. The van der Waals surface area contributed by atoms with Crippen LogP contribution in [0.1, 0.15) is 17.2 Å². The van der Waals surface area contributed by atoms with Gasteiger partial charge in [0.25, 0.3) is 0 Å². The molecule has 0 amide bonds. The summed E-state index contributed by atoms with van der Waals surface area (Å²) in [5.74, 6) is 0.693. The first-order valence-corrected chi connectivity index (χ1v) is 10.9. The van der Waals surface area contributed by atoms with Gasteiger partial charge in [-0.05, 0) is 76.7 Å². The molecule has 4 aromatic rings. The zero-order valence-corrected chi connectivity index (χ0v) is 18.8. The molecule has 0 saturated heterocycles. The van der Waals surface area contributed by atoms with E-state index in [-0.39, 0.29) is 5.75 Å². The first-order valence-electron chi connectivity index (χ1n) is 9.45. The number of hydrogen-bond acceptors (Lipinski definition) is 3. The first kappa shape index (κ1) is 20.3. The lowest BCUT2D eigenvalue weighted by molar-refractivity contribution is -0.0505. The zero-order valence-electron chi connectivity index (χ0n) is 15.9. The van der Waals surface area contributed by atoms with E-state index in [4.69, 9.17) is 21.3 Å². The molecule has 156 valence electrons. The van der Waals surface area contributed by atoms with Gasteiger partial charge in [0.2, 0.25) is 5.95 Å². The van der Waals surface area contributed by atoms with Crippen LogP contribution < -0.4 is 10.1 Å². The minimum absolute atomic E-state index is 0.0771. The van der Waals surface area contributed by atoms with Gasteiger partial charge in [0, 0.05) is 19.9 Å². The highest BCUT2D eigenvalue weighted by Crippen LogP contribution is 2.41. The molecule has 4 nitrogen and oxygen atoms in total. The summed E-state index contributed by atoms with van der Waals surface area (Å²) in [5.41, 5.74) is 3.98. The average Bonchev–Trinajstić information content (AvgIpc) is 3.13. The third-order valence-corrected chi connectivity index (χ3v) is 6.06. The van der Waals surface area contributed by atoms with Gasteiger partial charge in [0.15, 0.2) is 0 Å². The summed E-state index contributed by atoms with van der Waals surface area (Å²) in [6, 6.07) is 19.9. The van der Waals surface area contributed by atoms with Crippen LogP contribution in [-0.2, 0) is 0 Å². The molecule has 31 heavy (non-hydrogen) atoms. The predicted molar refractivity (Wildman–Crippen MR) is 127 cm³/mol. The van der Waals surface area contributed by atoms with E-state index in [9.17, 15) is 8.78 Å². The standard InChI is InChI=1S/C23H15ClF2IN3O/c24-14-7-10-21(31-22(25)26)16(11-14)20-12-18(13-5-8-15(27)9-6-13)29-23-28-17-3-1-2-4-19(17)30(20)23/h1-12,20,22H,(H,28,29)/t20-/m0/s1. The van der Waals surface area contributed by atoms with E-state index in [0.29, 0.717) is 16.5 Å². The number of allylic oxidation sites excluding steroid dienone is 1. The van der Waals surface area contributed by atoms with E-state index in [1.807, 2.05) is 59.2 Å². The molecular formula is C23H15ClF2IN3O. The summed E-state index contributed by atoms with van der Waals surface area (Å²) in [6.45, 7) is -2.94. The molecule has 2 heterocycles. The second-order valence-electron chi connectivity index (χ2n) is 7.01. The van der Waals surface area contributed by atoms with Crippen molar-refractivity contribution in [2.75, 3.05) is 5.32 Å². The van der Waals surface area contributed by atoms with E-state index < -0.39 is 12.7 Å². The molecule has 0 bridgehead atoms. The molecule has 1 atom stereocenters. The maximum absolute atomic E-state index is 13.1. The number of para-hydroxylation sites is 2. The summed E-state index contributed by atoms with van der Waals surface area (Å²) in [7, 11) is 0. The van der Waals surface area contributed by atoms with Crippen molar-refractivity contribution >= 4 is 56.9 Å². The number of halogens is 4. The van der Waals surface area contributed by atoms with Gasteiger partial charge < -0.3 is 10.1 Å². The van der Waals surface area contributed by atoms with Crippen LogP contribution in [0.25, 0.3) is 16.7 Å². The molecule has 1 aliphatic heterocycles. The van der Waals surface area contributed by atoms with Crippen LogP contribution in [0.4, 0.5) is 14.7 Å². The van der Waals surface area contributed by atoms with Crippen LogP contribution in [0.5, 0.6) is 5.75 Å². The van der Waals surface area contributed by atoms with Gasteiger partial charge in [-0.15, -0.1) is 0 Å². The Hall–Kier alpha value is -2.65. The van der Waals surface area contributed by atoms with Crippen LogP contribution in [-0.4, -0.2) is 16.2 Å². The molecule has 0 saturated carbocycles. The van der Waals surface area contributed by atoms with E-state index in [2.05, 4.69) is 27.9 Å². The van der Waals surface area contributed by atoms with Crippen LogP contribution in [0.2, 0.25) is 5.02 Å². The Morgan fingerprint density at radius 1 is 1.06 bits per heavy atom. The number of anilines is 1. The number of benzene rings is 3. The zero-order chi connectivity index (χ0) is 21.5. The van der Waals surface area contributed by atoms with Gasteiger partial charge in [-0.3, -0.25) is 4.57 Å². The number of nitrogens with zero attached hydrogens (tertiary/aromatic N) is 2. The molecular weight excluding hydrogens is 535 g/mol. The number of ether oxygens (including phenoxy) is 1. The topological polar surface area (TPSA) is 39.1 Å².